The number of halogens is 1. The van der Waals surface area contributed by atoms with Gasteiger partial charge >= 0.3 is 0 Å². The van der Waals surface area contributed by atoms with E-state index < -0.39 is 0 Å². The Labute approximate surface area is 175 Å². The van der Waals surface area contributed by atoms with Crippen molar-refractivity contribution in [2.45, 2.75) is 20.4 Å². The number of benzene rings is 2. The molecule has 3 aromatic rings. The van der Waals surface area contributed by atoms with Gasteiger partial charge < -0.3 is 10.2 Å². The van der Waals surface area contributed by atoms with Crippen LogP contribution in [0.25, 0.3) is 5.69 Å². The summed E-state index contributed by atoms with van der Waals surface area (Å²) >= 11 is 5.91. The van der Waals surface area contributed by atoms with Crippen molar-refractivity contribution in [2.75, 3.05) is 13.6 Å². The van der Waals surface area contributed by atoms with Crippen molar-refractivity contribution in [1.29, 1.82) is 0 Å². The molecule has 1 aromatic heterocycles. The van der Waals surface area contributed by atoms with Crippen LogP contribution in [0.2, 0.25) is 5.02 Å². The van der Waals surface area contributed by atoms with E-state index in [0.717, 1.165) is 22.6 Å². The quantitative estimate of drug-likeness (QED) is 0.676. The maximum atomic E-state index is 12.5. The Morgan fingerprint density at radius 2 is 1.83 bits per heavy atom. The zero-order valence-electron chi connectivity index (χ0n) is 16.6. The molecule has 0 aliphatic rings. The molecule has 2 amide bonds. The average molecular weight is 411 g/mol. The fraction of sp³-hybridized carbons (Fsp3) is 0.227. The van der Waals surface area contributed by atoms with E-state index in [1.165, 1.54) is 0 Å². The van der Waals surface area contributed by atoms with Gasteiger partial charge in [0.05, 0.1) is 17.9 Å². The Bertz CT molecular complexity index is 1030. The lowest BCUT2D eigenvalue weighted by atomic mass is 10.2. The summed E-state index contributed by atoms with van der Waals surface area (Å²) in [5.41, 5.74) is 4.24. The number of aromatic nitrogens is 2. The first-order chi connectivity index (χ1) is 13.9. The Balaban J connectivity index is 1.64. The van der Waals surface area contributed by atoms with Crippen LogP contribution in [0.15, 0.2) is 54.6 Å². The zero-order valence-corrected chi connectivity index (χ0v) is 17.4. The third kappa shape index (κ3) is 4.84. The van der Waals surface area contributed by atoms with Gasteiger partial charge in [0, 0.05) is 35.4 Å². The maximum absolute atomic E-state index is 12.5. The number of carbonyl (C=O) groups is 2. The second kappa shape index (κ2) is 8.92. The number of carbonyl (C=O) groups excluding carboxylic acids is 2. The van der Waals surface area contributed by atoms with Gasteiger partial charge in [-0.25, -0.2) is 4.68 Å². The van der Waals surface area contributed by atoms with E-state index in [4.69, 9.17) is 11.6 Å². The Morgan fingerprint density at radius 1 is 1.10 bits per heavy atom. The van der Waals surface area contributed by atoms with Crippen LogP contribution in [0, 0.1) is 13.8 Å². The van der Waals surface area contributed by atoms with Crippen LogP contribution in [-0.4, -0.2) is 40.1 Å². The molecule has 0 atom stereocenters. The van der Waals surface area contributed by atoms with Gasteiger partial charge in [0.1, 0.15) is 0 Å². The molecule has 0 saturated carbocycles. The van der Waals surface area contributed by atoms with Crippen LogP contribution in [-0.2, 0) is 11.3 Å². The molecule has 6 nitrogen and oxygen atoms in total. The van der Waals surface area contributed by atoms with Crippen LogP contribution < -0.4 is 5.32 Å². The van der Waals surface area contributed by atoms with E-state index in [0.29, 0.717) is 17.1 Å². The highest BCUT2D eigenvalue weighted by Crippen LogP contribution is 2.19. The number of hydrogen-bond acceptors (Lipinski definition) is 3. The van der Waals surface area contributed by atoms with E-state index in [1.807, 2.05) is 48.9 Å². The lowest BCUT2D eigenvalue weighted by molar-refractivity contribution is -0.129. The van der Waals surface area contributed by atoms with Crippen molar-refractivity contribution in [1.82, 2.24) is 20.0 Å². The highest BCUT2D eigenvalue weighted by molar-refractivity contribution is 6.30. The van der Waals surface area contributed by atoms with Crippen LogP contribution in [0.4, 0.5) is 0 Å². The van der Waals surface area contributed by atoms with Gasteiger partial charge in [-0.05, 0) is 44.2 Å². The molecule has 0 fully saturated rings. The second-order valence-corrected chi connectivity index (χ2v) is 7.28. The number of amides is 2. The SMILES string of the molecule is Cc1nn(-c2ccccc2)c(C)c1CN(C)C(=O)CNC(=O)c1cccc(Cl)c1. The van der Waals surface area contributed by atoms with Gasteiger partial charge in [-0.1, -0.05) is 35.9 Å². The summed E-state index contributed by atoms with van der Waals surface area (Å²) in [6, 6.07) is 16.5. The summed E-state index contributed by atoms with van der Waals surface area (Å²) in [5, 5.41) is 7.73. The van der Waals surface area contributed by atoms with Gasteiger partial charge in [0.2, 0.25) is 5.91 Å². The van der Waals surface area contributed by atoms with Gasteiger partial charge in [0.25, 0.3) is 5.91 Å². The smallest absolute Gasteiger partial charge is 0.251 e. The summed E-state index contributed by atoms with van der Waals surface area (Å²) in [6.45, 7) is 4.24. The van der Waals surface area contributed by atoms with Crippen molar-refractivity contribution in [2.24, 2.45) is 0 Å². The summed E-state index contributed by atoms with van der Waals surface area (Å²) < 4.78 is 1.88. The number of nitrogens with zero attached hydrogens (tertiary/aromatic N) is 3. The minimum atomic E-state index is -0.335. The molecular formula is C22H23ClN4O2. The molecule has 0 unspecified atom stereocenters. The first-order valence-corrected chi connectivity index (χ1v) is 9.63. The van der Waals surface area contributed by atoms with Crippen molar-refractivity contribution < 1.29 is 9.59 Å². The molecule has 1 heterocycles. The van der Waals surface area contributed by atoms with Gasteiger partial charge in [-0.2, -0.15) is 5.10 Å². The molecule has 0 aliphatic heterocycles. The van der Waals surface area contributed by atoms with Crippen LogP contribution in [0.1, 0.15) is 27.3 Å². The maximum Gasteiger partial charge on any atom is 0.251 e. The van der Waals surface area contributed by atoms with Crippen molar-refractivity contribution in [3.05, 3.63) is 82.1 Å². The van der Waals surface area contributed by atoms with E-state index in [9.17, 15) is 9.59 Å². The number of rotatable bonds is 6. The third-order valence-corrected chi connectivity index (χ3v) is 4.99. The Hall–Kier alpha value is -3.12. The average Bonchev–Trinajstić information content (AvgIpc) is 3.00. The van der Waals surface area contributed by atoms with Gasteiger partial charge in [0.15, 0.2) is 0 Å². The van der Waals surface area contributed by atoms with Crippen LogP contribution in [0.3, 0.4) is 0 Å². The molecular weight excluding hydrogens is 388 g/mol. The van der Waals surface area contributed by atoms with E-state index >= 15 is 0 Å². The third-order valence-electron chi connectivity index (χ3n) is 4.75. The number of likely N-dealkylation sites (N-methyl/N-ethyl adjacent to an activating group) is 1. The number of para-hydroxylation sites is 1. The van der Waals surface area contributed by atoms with Gasteiger partial charge in [-0.15, -0.1) is 0 Å². The number of aryl methyl sites for hydroxylation is 1. The molecule has 0 spiro atoms. The molecule has 3 rings (SSSR count). The molecule has 1 N–H and O–H groups in total. The predicted octanol–water partition coefficient (Wildman–Crippen LogP) is 3.53. The Morgan fingerprint density at radius 3 is 2.52 bits per heavy atom. The van der Waals surface area contributed by atoms with Crippen molar-refractivity contribution in [3.8, 4) is 5.69 Å². The normalized spacial score (nSPS) is 10.6. The van der Waals surface area contributed by atoms with E-state index in [2.05, 4.69) is 10.4 Å². The first-order valence-electron chi connectivity index (χ1n) is 9.25. The summed E-state index contributed by atoms with van der Waals surface area (Å²) in [4.78, 5) is 26.3. The van der Waals surface area contributed by atoms with E-state index in [1.54, 1.807) is 36.2 Å². The van der Waals surface area contributed by atoms with Crippen molar-refractivity contribution in [3.63, 3.8) is 0 Å². The topological polar surface area (TPSA) is 67.2 Å². The standard InChI is InChI=1S/C22H23ClN4O2/c1-15-20(16(2)27(25-15)19-10-5-4-6-11-19)14-26(3)21(28)13-24-22(29)17-8-7-9-18(23)12-17/h4-12H,13-14H2,1-3H3,(H,24,29). The number of nitrogens with one attached hydrogen (secondary N) is 1. The monoisotopic (exact) mass is 410 g/mol. The lowest BCUT2D eigenvalue weighted by Gasteiger charge is -2.18. The highest BCUT2D eigenvalue weighted by atomic mass is 35.5. The Kier molecular flexibility index (Phi) is 6.34. The van der Waals surface area contributed by atoms with Crippen LogP contribution in [0.5, 0.6) is 0 Å². The minimum Gasteiger partial charge on any atom is -0.343 e. The molecule has 2 aromatic carbocycles. The largest absolute Gasteiger partial charge is 0.343 e. The zero-order chi connectivity index (χ0) is 21.0. The molecule has 0 aliphatic carbocycles. The summed E-state index contributed by atoms with van der Waals surface area (Å²) in [5.74, 6) is -0.523. The molecule has 0 radical (unpaired) electrons. The van der Waals surface area contributed by atoms with Gasteiger partial charge in [-0.3, -0.25) is 9.59 Å². The lowest BCUT2D eigenvalue weighted by Crippen LogP contribution is -2.38. The molecule has 0 bridgehead atoms. The molecule has 7 heteroatoms. The fourth-order valence-electron chi connectivity index (χ4n) is 3.07. The first kappa shape index (κ1) is 20.6. The molecule has 0 saturated heterocycles. The minimum absolute atomic E-state index is 0.0905. The summed E-state index contributed by atoms with van der Waals surface area (Å²) in [6.07, 6.45) is 0. The molecule has 150 valence electrons. The number of hydrogen-bond donors (Lipinski definition) is 1. The summed E-state index contributed by atoms with van der Waals surface area (Å²) in [7, 11) is 1.71. The van der Waals surface area contributed by atoms with Crippen LogP contribution >= 0.6 is 11.6 Å². The van der Waals surface area contributed by atoms with E-state index in [-0.39, 0.29) is 18.4 Å². The second-order valence-electron chi connectivity index (χ2n) is 6.84. The highest BCUT2D eigenvalue weighted by Gasteiger charge is 2.18. The molecule has 29 heavy (non-hydrogen) atoms. The predicted molar refractivity (Wildman–Crippen MR) is 113 cm³/mol. The fourth-order valence-corrected chi connectivity index (χ4v) is 3.26. The van der Waals surface area contributed by atoms with Crippen molar-refractivity contribution >= 4 is 23.4 Å².